The number of carbonyl (C=O) groups is 2. The molecule has 0 saturated heterocycles. The quantitative estimate of drug-likeness (QED) is 0.450. The number of carbonyl (C=O) groups excluding carboxylic acids is 1. The molecule has 1 N–H and O–H groups in total. The van der Waals surface area contributed by atoms with Crippen molar-refractivity contribution in [3.63, 3.8) is 0 Å². The summed E-state index contributed by atoms with van der Waals surface area (Å²) in [5.41, 5.74) is 1.82. The molecule has 0 spiro atoms. The van der Waals surface area contributed by atoms with Crippen LogP contribution in [0.4, 0.5) is 0 Å². The summed E-state index contributed by atoms with van der Waals surface area (Å²) in [5.74, 6) is -0.339. The molecule has 1 atom stereocenters. The number of hydrogen-bond acceptors (Lipinski definition) is 3. The van der Waals surface area contributed by atoms with Gasteiger partial charge in [-0.15, -0.1) is 0 Å². The number of aliphatic carboxylic acids is 1. The summed E-state index contributed by atoms with van der Waals surface area (Å²) >= 11 is 3.60. The molecule has 1 aliphatic rings. The van der Waals surface area contributed by atoms with Crippen LogP contribution in [-0.4, -0.2) is 17.0 Å². The number of hydrogen-bond donors (Lipinski definition) is 1. The fourth-order valence-electron chi connectivity index (χ4n) is 2.88. The predicted molar refractivity (Wildman–Crippen MR) is 96.3 cm³/mol. The third-order valence-electron chi connectivity index (χ3n) is 4.10. The normalized spacial score (nSPS) is 17.6. The van der Waals surface area contributed by atoms with Crippen molar-refractivity contribution in [1.82, 2.24) is 0 Å². The maximum atomic E-state index is 12.1. The van der Waals surface area contributed by atoms with Crippen LogP contribution in [0.1, 0.15) is 57.1 Å². The lowest BCUT2D eigenvalue weighted by molar-refractivity contribution is -0.143. The van der Waals surface area contributed by atoms with Crippen molar-refractivity contribution in [3.8, 4) is 5.75 Å². The van der Waals surface area contributed by atoms with Gasteiger partial charge in [-0.25, -0.2) is 4.79 Å². The largest absolute Gasteiger partial charge is 0.478 e. The average molecular weight is 395 g/mol. The van der Waals surface area contributed by atoms with Crippen LogP contribution in [0.2, 0.25) is 0 Å². The lowest BCUT2D eigenvalue weighted by Gasteiger charge is -2.27. The van der Waals surface area contributed by atoms with Crippen molar-refractivity contribution >= 4 is 27.9 Å². The highest BCUT2D eigenvalue weighted by atomic mass is 79.9. The van der Waals surface area contributed by atoms with Gasteiger partial charge in [0.25, 0.3) is 0 Å². The Bertz CT molecular complexity index is 671. The molecular weight excluding hydrogens is 372 g/mol. The Morgan fingerprint density at radius 3 is 2.71 bits per heavy atom. The minimum Gasteiger partial charge on any atom is -0.478 e. The number of ether oxygens (including phenoxy) is 1. The van der Waals surface area contributed by atoms with Crippen LogP contribution in [-0.2, 0) is 16.0 Å². The van der Waals surface area contributed by atoms with Gasteiger partial charge in [0.2, 0.25) is 0 Å². The van der Waals surface area contributed by atoms with Crippen molar-refractivity contribution < 1.29 is 19.4 Å². The molecule has 5 heteroatoms. The number of aryl methyl sites for hydroxylation is 1. The van der Waals surface area contributed by atoms with Crippen molar-refractivity contribution in [2.24, 2.45) is 5.41 Å². The van der Waals surface area contributed by atoms with Crippen molar-refractivity contribution in [2.45, 2.75) is 52.4 Å². The predicted octanol–water partition coefficient (Wildman–Crippen LogP) is 4.85. The zero-order chi connectivity index (χ0) is 17.9. The van der Waals surface area contributed by atoms with Gasteiger partial charge in [0.05, 0.1) is 5.41 Å². The van der Waals surface area contributed by atoms with Gasteiger partial charge in [-0.2, -0.15) is 0 Å². The second-order valence-corrected chi connectivity index (χ2v) is 8.04. The fraction of sp³-hybridized carbons (Fsp3) is 0.474. The standard InChI is InChI=1S/C19H23BrO4/c1-19(2,3)18(23)24-14-10-13-8-4-6-12(7-5-9-16(21)22)17(13)15(20)11-14/h5,9-12H,4,6-8H2,1-3H3,(H,21,22)/b9-5-. The number of fused-ring (bicyclic) bond motifs is 1. The molecule has 1 aromatic rings. The van der Waals surface area contributed by atoms with Gasteiger partial charge in [-0.3, -0.25) is 4.79 Å². The van der Waals surface area contributed by atoms with Gasteiger partial charge < -0.3 is 9.84 Å². The van der Waals surface area contributed by atoms with Crippen molar-refractivity contribution in [3.05, 3.63) is 39.9 Å². The molecule has 0 saturated carbocycles. The van der Waals surface area contributed by atoms with Crippen LogP contribution in [0.3, 0.4) is 0 Å². The van der Waals surface area contributed by atoms with Crippen molar-refractivity contribution in [2.75, 3.05) is 0 Å². The number of halogens is 1. The summed E-state index contributed by atoms with van der Waals surface area (Å²) in [6.45, 7) is 5.48. The second kappa shape index (κ2) is 7.51. The highest BCUT2D eigenvalue weighted by Gasteiger charge is 2.26. The van der Waals surface area contributed by atoms with E-state index in [1.54, 1.807) is 6.08 Å². The minimum absolute atomic E-state index is 0.258. The van der Waals surface area contributed by atoms with E-state index in [9.17, 15) is 9.59 Å². The van der Waals surface area contributed by atoms with E-state index in [0.29, 0.717) is 12.2 Å². The van der Waals surface area contributed by atoms with E-state index in [2.05, 4.69) is 15.9 Å². The first-order valence-corrected chi connectivity index (χ1v) is 8.92. The molecule has 2 rings (SSSR count). The van der Waals surface area contributed by atoms with E-state index in [1.807, 2.05) is 32.9 Å². The Labute approximate surface area is 151 Å². The molecule has 1 aromatic carbocycles. The average Bonchev–Trinajstić information content (AvgIpc) is 2.45. The minimum atomic E-state index is -0.922. The van der Waals surface area contributed by atoms with E-state index in [1.165, 1.54) is 17.2 Å². The molecule has 0 fully saturated rings. The van der Waals surface area contributed by atoms with E-state index >= 15 is 0 Å². The molecule has 1 unspecified atom stereocenters. The lowest BCUT2D eigenvalue weighted by Crippen LogP contribution is -2.25. The molecular formula is C19H23BrO4. The number of carboxylic acid groups (broad SMARTS) is 1. The van der Waals surface area contributed by atoms with Crippen LogP contribution in [0, 0.1) is 5.41 Å². The first kappa shape index (κ1) is 18.7. The fourth-order valence-corrected chi connectivity index (χ4v) is 3.69. The van der Waals surface area contributed by atoms with Gasteiger partial charge in [0.1, 0.15) is 5.75 Å². The Balaban J connectivity index is 2.24. The Morgan fingerprint density at radius 2 is 2.08 bits per heavy atom. The summed E-state index contributed by atoms with van der Waals surface area (Å²) in [6.07, 6.45) is 6.61. The lowest BCUT2D eigenvalue weighted by atomic mass is 9.81. The summed E-state index contributed by atoms with van der Waals surface area (Å²) in [7, 11) is 0. The summed E-state index contributed by atoms with van der Waals surface area (Å²) in [4.78, 5) is 22.7. The highest BCUT2D eigenvalue weighted by molar-refractivity contribution is 9.10. The monoisotopic (exact) mass is 394 g/mol. The number of benzene rings is 1. The van der Waals surface area contributed by atoms with Gasteiger partial charge in [0, 0.05) is 10.5 Å². The van der Waals surface area contributed by atoms with E-state index < -0.39 is 11.4 Å². The molecule has 0 bridgehead atoms. The highest BCUT2D eigenvalue weighted by Crippen LogP contribution is 2.41. The molecule has 0 heterocycles. The molecule has 0 amide bonds. The third kappa shape index (κ3) is 4.69. The van der Waals surface area contributed by atoms with Gasteiger partial charge in [0.15, 0.2) is 0 Å². The van der Waals surface area contributed by atoms with Gasteiger partial charge >= 0.3 is 11.9 Å². The first-order valence-electron chi connectivity index (χ1n) is 8.12. The topological polar surface area (TPSA) is 63.6 Å². The van der Waals surface area contributed by atoms with Crippen LogP contribution < -0.4 is 4.74 Å². The van der Waals surface area contributed by atoms with Crippen molar-refractivity contribution in [1.29, 1.82) is 0 Å². The zero-order valence-electron chi connectivity index (χ0n) is 14.3. The summed E-state index contributed by atoms with van der Waals surface area (Å²) < 4.78 is 6.43. The van der Waals surface area contributed by atoms with Gasteiger partial charge in [-0.1, -0.05) is 22.0 Å². The number of rotatable bonds is 4. The van der Waals surface area contributed by atoms with Crippen LogP contribution in [0.25, 0.3) is 0 Å². The van der Waals surface area contributed by atoms with E-state index in [0.717, 1.165) is 23.7 Å². The molecule has 4 nitrogen and oxygen atoms in total. The Hall–Kier alpha value is -1.62. The molecule has 24 heavy (non-hydrogen) atoms. The van der Waals surface area contributed by atoms with Gasteiger partial charge in [-0.05, 0) is 75.6 Å². The van der Waals surface area contributed by atoms with E-state index in [4.69, 9.17) is 9.84 Å². The Morgan fingerprint density at radius 1 is 1.38 bits per heavy atom. The van der Waals surface area contributed by atoms with Crippen LogP contribution in [0.15, 0.2) is 28.8 Å². The summed E-state index contributed by atoms with van der Waals surface area (Å²) in [6, 6.07) is 3.78. The smallest absolute Gasteiger partial charge is 0.327 e. The number of allylic oxidation sites excluding steroid dienone is 1. The number of carboxylic acids is 1. The molecule has 0 aromatic heterocycles. The molecule has 1 aliphatic carbocycles. The van der Waals surface area contributed by atoms with Crippen LogP contribution in [0.5, 0.6) is 5.75 Å². The van der Waals surface area contributed by atoms with E-state index in [-0.39, 0.29) is 11.9 Å². The van der Waals surface area contributed by atoms with Crippen LogP contribution >= 0.6 is 15.9 Å². The maximum Gasteiger partial charge on any atom is 0.327 e. The first-order chi connectivity index (χ1) is 11.2. The third-order valence-corrected chi connectivity index (χ3v) is 4.76. The second-order valence-electron chi connectivity index (χ2n) is 7.18. The SMILES string of the molecule is CC(C)(C)C(=O)Oc1cc(Br)c2c(c1)CCCC2C/C=C\C(=O)O. The summed E-state index contributed by atoms with van der Waals surface area (Å²) in [5, 5.41) is 8.73. The zero-order valence-corrected chi connectivity index (χ0v) is 15.9. The molecule has 130 valence electrons. The number of esters is 1. The maximum absolute atomic E-state index is 12.1. The Kier molecular flexibility index (Phi) is 5.86. The molecule has 0 radical (unpaired) electrons. The molecule has 0 aliphatic heterocycles.